The maximum absolute atomic E-state index is 6.73. The molecule has 1 unspecified atom stereocenters. The number of hydrogen-bond donors (Lipinski definition) is 0. The van der Waals surface area contributed by atoms with Crippen LogP contribution in [-0.2, 0) is 0 Å². The molecule has 10 rings (SSSR count). The Balaban J connectivity index is 1.36. The Morgan fingerprint density at radius 3 is 1.48 bits per heavy atom. The lowest BCUT2D eigenvalue weighted by Crippen LogP contribution is -2.90. The summed E-state index contributed by atoms with van der Waals surface area (Å²) < 4.78 is 13.2. The molecule has 0 radical (unpaired) electrons. The van der Waals surface area contributed by atoms with Crippen molar-refractivity contribution < 1.29 is 9.47 Å². The molecule has 3 nitrogen and oxygen atoms in total. The van der Waals surface area contributed by atoms with Crippen LogP contribution in [0.25, 0.3) is 0 Å². The molecule has 7 aromatic carbocycles. The Bertz CT molecular complexity index is 2320. The van der Waals surface area contributed by atoms with Crippen LogP contribution in [0.2, 0.25) is 6.55 Å². The van der Waals surface area contributed by atoms with E-state index in [1.807, 2.05) is 12.1 Å². The van der Waals surface area contributed by atoms with Gasteiger partial charge in [0.25, 0.3) is 0 Å². The lowest BCUT2D eigenvalue weighted by Gasteiger charge is -2.49. The van der Waals surface area contributed by atoms with Crippen LogP contribution in [0.1, 0.15) is 0 Å². The van der Waals surface area contributed by atoms with Gasteiger partial charge in [-0.05, 0) is 84.8 Å². The van der Waals surface area contributed by atoms with Crippen LogP contribution < -0.4 is 50.7 Å². The van der Waals surface area contributed by atoms with Crippen molar-refractivity contribution in [3.05, 3.63) is 170 Å². The Hall–Kier alpha value is -5.63. The Morgan fingerprint density at radius 2 is 0.854 bits per heavy atom. The number of anilines is 3. The maximum Gasteiger partial charge on any atom is 0.188 e. The van der Waals surface area contributed by atoms with Crippen molar-refractivity contribution in [1.29, 1.82) is 0 Å². The highest BCUT2D eigenvalue weighted by molar-refractivity contribution is 7.30. The fourth-order valence-electron chi connectivity index (χ4n) is 8.59. The van der Waals surface area contributed by atoms with Crippen molar-refractivity contribution in [2.75, 3.05) is 4.90 Å². The van der Waals surface area contributed by atoms with Gasteiger partial charge in [-0.3, -0.25) is 0 Å². The first kappa shape index (κ1) is 27.5. The summed E-state index contributed by atoms with van der Waals surface area (Å²) in [5.41, 5.74) is 3.21. The zero-order valence-electron chi connectivity index (χ0n) is 26.4. The summed E-state index contributed by atoms with van der Waals surface area (Å²) in [5, 5.41) is 9.93. The number of nitrogens with zero attached hydrogens (tertiary/aromatic N) is 1. The second-order valence-electron chi connectivity index (χ2n) is 13.0. The smallest absolute Gasteiger partial charge is 0.188 e. The minimum absolute atomic E-state index is 0.858. The molecule has 0 aromatic heterocycles. The van der Waals surface area contributed by atoms with E-state index in [2.05, 4.69) is 169 Å². The normalized spacial score (nSPS) is 17.4. The van der Waals surface area contributed by atoms with E-state index in [1.165, 1.54) is 36.3 Å². The SMILES string of the molecule is C[Si]1(c2ccccc2)c2ccccc2[Si]2(c3ccccc3Oc3ccccc32)c2cc(N3c4ccccc4Oc4ccccc43)ccc21. The first-order valence-corrected chi connectivity index (χ1v) is 21.0. The molecule has 0 aliphatic carbocycles. The predicted molar refractivity (Wildman–Crippen MR) is 202 cm³/mol. The number of ether oxygens (including phenoxy) is 2. The predicted octanol–water partition coefficient (Wildman–Crippen LogP) is 6.16. The van der Waals surface area contributed by atoms with Crippen molar-refractivity contribution in [3.8, 4) is 23.0 Å². The van der Waals surface area contributed by atoms with Crippen molar-refractivity contribution in [2.24, 2.45) is 0 Å². The summed E-state index contributed by atoms with van der Waals surface area (Å²) in [6.07, 6.45) is 0. The van der Waals surface area contributed by atoms with Crippen molar-refractivity contribution in [1.82, 2.24) is 0 Å². The minimum Gasteiger partial charge on any atom is -0.458 e. The van der Waals surface area contributed by atoms with E-state index in [4.69, 9.17) is 9.47 Å². The molecule has 0 fully saturated rings. The fourth-order valence-corrected chi connectivity index (χ4v) is 20.2. The number of rotatable bonds is 2. The van der Waals surface area contributed by atoms with E-state index in [-0.39, 0.29) is 0 Å². The molecular weight excluding hydrogens is 619 g/mol. The van der Waals surface area contributed by atoms with Gasteiger partial charge >= 0.3 is 0 Å². The van der Waals surface area contributed by atoms with Gasteiger partial charge in [-0.1, -0.05) is 128 Å². The van der Waals surface area contributed by atoms with Crippen molar-refractivity contribution in [2.45, 2.75) is 6.55 Å². The maximum atomic E-state index is 6.73. The zero-order valence-corrected chi connectivity index (χ0v) is 28.4. The van der Waals surface area contributed by atoms with Gasteiger partial charge in [-0.2, -0.15) is 0 Å². The molecule has 0 saturated heterocycles. The summed E-state index contributed by atoms with van der Waals surface area (Å²) in [5.74, 6) is 3.63. The largest absolute Gasteiger partial charge is 0.458 e. The van der Waals surface area contributed by atoms with E-state index >= 15 is 0 Å². The standard InChI is InChI=1S/C43H31NO2Si2/c1-47(31-15-3-2-4-16-31)40-25-13-14-26-42(40)48(38-23-11-9-21-36(38)46-37-22-10-12-24-39(37)48)43-29-30(27-28-41(43)47)44-32-17-5-7-19-34(32)45-35-20-8-6-18-33(35)44/h2-29H,1H3. The number of benzene rings is 7. The summed E-state index contributed by atoms with van der Waals surface area (Å²) in [6.45, 7) is 2.55. The second-order valence-corrected chi connectivity index (χ2v) is 20.5. The molecule has 48 heavy (non-hydrogen) atoms. The first-order valence-electron chi connectivity index (χ1n) is 16.5. The van der Waals surface area contributed by atoms with E-state index in [0.29, 0.717) is 0 Å². The van der Waals surface area contributed by atoms with Gasteiger partial charge in [0.15, 0.2) is 19.6 Å². The minimum atomic E-state index is -2.90. The first-order chi connectivity index (χ1) is 23.7. The van der Waals surface area contributed by atoms with Crippen LogP contribution in [0.4, 0.5) is 17.1 Å². The topological polar surface area (TPSA) is 21.7 Å². The summed E-state index contributed by atoms with van der Waals surface area (Å²) in [6, 6.07) is 62.2. The van der Waals surface area contributed by atoms with Gasteiger partial charge in [-0.25, -0.2) is 0 Å². The van der Waals surface area contributed by atoms with Crippen LogP contribution in [-0.4, -0.2) is 16.1 Å². The molecule has 0 N–H and O–H groups in total. The van der Waals surface area contributed by atoms with Crippen molar-refractivity contribution >= 4 is 69.5 Å². The molecule has 3 aliphatic heterocycles. The van der Waals surface area contributed by atoms with Crippen LogP contribution in [0.15, 0.2) is 170 Å². The molecule has 3 heterocycles. The molecule has 228 valence electrons. The highest BCUT2D eigenvalue weighted by Gasteiger charge is 2.57. The average molecular weight is 650 g/mol. The molecule has 1 spiro atoms. The average Bonchev–Trinajstić information content (AvgIpc) is 3.15. The molecule has 0 amide bonds. The van der Waals surface area contributed by atoms with Crippen LogP contribution >= 0.6 is 0 Å². The molecule has 0 saturated carbocycles. The lowest BCUT2D eigenvalue weighted by atomic mass is 10.1. The molecule has 1 atom stereocenters. The van der Waals surface area contributed by atoms with E-state index in [0.717, 1.165) is 40.1 Å². The van der Waals surface area contributed by atoms with E-state index in [1.54, 1.807) is 0 Å². The summed E-state index contributed by atoms with van der Waals surface area (Å²) in [7, 11) is -5.37. The molecule has 0 bridgehead atoms. The van der Waals surface area contributed by atoms with Gasteiger partial charge in [0.2, 0.25) is 0 Å². The van der Waals surface area contributed by atoms with Gasteiger partial charge in [0.05, 0.1) is 11.4 Å². The highest BCUT2D eigenvalue weighted by atomic mass is 28.3. The summed E-state index contributed by atoms with van der Waals surface area (Å²) >= 11 is 0. The van der Waals surface area contributed by atoms with Crippen LogP contribution in [0.3, 0.4) is 0 Å². The van der Waals surface area contributed by atoms with E-state index < -0.39 is 16.1 Å². The Labute approximate surface area is 282 Å². The zero-order chi connectivity index (χ0) is 31.9. The third kappa shape index (κ3) is 3.57. The second kappa shape index (κ2) is 10.2. The molecule has 3 aliphatic rings. The molecule has 5 heteroatoms. The summed E-state index contributed by atoms with van der Waals surface area (Å²) in [4.78, 5) is 2.38. The molecular formula is C43H31NO2Si2. The molecule has 7 aromatic rings. The van der Waals surface area contributed by atoms with Gasteiger partial charge in [0, 0.05) is 5.69 Å². The quantitative estimate of drug-likeness (QED) is 0.210. The number of hydrogen-bond acceptors (Lipinski definition) is 3. The third-order valence-corrected chi connectivity index (χ3v) is 20.6. The van der Waals surface area contributed by atoms with Crippen LogP contribution in [0, 0.1) is 0 Å². The monoisotopic (exact) mass is 649 g/mol. The van der Waals surface area contributed by atoms with Gasteiger partial charge in [0.1, 0.15) is 19.6 Å². The van der Waals surface area contributed by atoms with E-state index in [9.17, 15) is 0 Å². The van der Waals surface area contributed by atoms with Crippen molar-refractivity contribution in [3.63, 3.8) is 0 Å². The Morgan fingerprint density at radius 1 is 0.396 bits per heavy atom. The third-order valence-electron chi connectivity index (χ3n) is 10.7. The fraction of sp³-hybridized carbons (Fsp3) is 0.0233. The van der Waals surface area contributed by atoms with Gasteiger partial charge < -0.3 is 14.4 Å². The Kier molecular flexibility index (Phi) is 5.83. The lowest BCUT2D eigenvalue weighted by molar-refractivity contribution is 0.477. The van der Waals surface area contributed by atoms with Crippen LogP contribution in [0.5, 0.6) is 23.0 Å². The number of fused-ring (bicyclic) bond motifs is 10. The number of para-hydroxylation sites is 6. The van der Waals surface area contributed by atoms with Gasteiger partial charge in [-0.15, -0.1) is 0 Å². The highest BCUT2D eigenvalue weighted by Crippen LogP contribution is 2.50.